The maximum atomic E-state index is 12.1. The number of alkyl carbamates (subject to hydrolysis) is 1. The molecule has 1 amide bonds. The highest BCUT2D eigenvalue weighted by Gasteiger charge is 2.40. The molecular formula is C19H27ClN2O2. The van der Waals surface area contributed by atoms with Crippen LogP contribution in [0.2, 0.25) is 5.02 Å². The SMILES string of the molecule is CC(C)(C)OC(=O)NC1(CNC2CCc3cc(Cl)ccc32)CCC1. The van der Waals surface area contributed by atoms with Gasteiger partial charge in [-0.15, -0.1) is 0 Å². The maximum Gasteiger partial charge on any atom is 0.408 e. The van der Waals surface area contributed by atoms with Crippen LogP contribution >= 0.6 is 11.6 Å². The second-order valence-electron chi connectivity index (χ2n) is 8.08. The van der Waals surface area contributed by atoms with E-state index in [1.165, 1.54) is 11.1 Å². The Labute approximate surface area is 149 Å². The Bertz CT molecular complexity index is 620. The first-order chi connectivity index (χ1) is 11.3. The average Bonchev–Trinajstić information content (AvgIpc) is 2.81. The molecule has 132 valence electrons. The number of ether oxygens (including phenoxy) is 1. The van der Waals surface area contributed by atoms with Gasteiger partial charge in [0.1, 0.15) is 5.60 Å². The monoisotopic (exact) mass is 350 g/mol. The van der Waals surface area contributed by atoms with E-state index in [0.29, 0.717) is 6.04 Å². The second-order valence-corrected chi connectivity index (χ2v) is 8.51. The average molecular weight is 351 g/mol. The molecule has 0 heterocycles. The zero-order valence-electron chi connectivity index (χ0n) is 14.7. The topological polar surface area (TPSA) is 50.4 Å². The number of carbonyl (C=O) groups is 1. The highest BCUT2D eigenvalue weighted by molar-refractivity contribution is 6.30. The van der Waals surface area contributed by atoms with Crippen molar-refractivity contribution >= 4 is 17.7 Å². The summed E-state index contributed by atoms with van der Waals surface area (Å²) in [6, 6.07) is 6.49. The van der Waals surface area contributed by atoms with Gasteiger partial charge in [0, 0.05) is 17.6 Å². The molecule has 1 unspecified atom stereocenters. The molecule has 1 fully saturated rings. The van der Waals surface area contributed by atoms with Crippen molar-refractivity contribution in [1.29, 1.82) is 0 Å². The van der Waals surface area contributed by atoms with Gasteiger partial charge in [0.2, 0.25) is 0 Å². The Morgan fingerprint density at radius 1 is 1.38 bits per heavy atom. The highest BCUT2D eigenvalue weighted by Crippen LogP contribution is 2.36. The van der Waals surface area contributed by atoms with Crippen molar-refractivity contribution in [3.8, 4) is 0 Å². The summed E-state index contributed by atoms with van der Waals surface area (Å²) in [5, 5.41) is 7.56. The summed E-state index contributed by atoms with van der Waals surface area (Å²) in [7, 11) is 0. The Hall–Kier alpha value is -1.26. The van der Waals surface area contributed by atoms with Gasteiger partial charge >= 0.3 is 6.09 Å². The molecule has 2 aliphatic carbocycles. The molecule has 0 spiro atoms. The van der Waals surface area contributed by atoms with Crippen molar-refractivity contribution in [2.45, 2.75) is 70.1 Å². The van der Waals surface area contributed by atoms with Crippen LogP contribution in [0, 0.1) is 0 Å². The number of benzene rings is 1. The van der Waals surface area contributed by atoms with Crippen LogP contribution in [0.4, 0.5) is 4.79 Å². The molecule has 1 atom stereocenters. The lowest BCUT2D eigenvalue weighted by molar-refractivity contribution is 0.0379. The summed E-state index contributed by atoms with van der Waals surface area (Å²) in [5.41, 5.74) is 2.04. The van der Waals surface area contributed by atoms with E-state index in [1.807, 2.05) is 26.8 Å². The van der Waals surface area contributed by atoms with Crippen molar-refractivity contribution in [2.24, 2.45) is 0 Å². The predicted molar refractivity (Wildman–Crippen MR) is 96.5 cm³/mol. The Morgan fingerprint density at radius 2 is 2.12 bits per heavy atom. The van der Waals surface area contributed by atoms with E-state index in [4.69, 9.17) is 16.3 Å². The highest BCUT2D eigenvalue weighted by atomic mass is 35.5. The molecule has 2 N–H and O–H groups in total. The van der Waals surface area contributed by atoms with E-state index in [9.17, 15) is 4.79 Å². The molecule has 0 saturated heterocycles. The van der Waals surface area contributed by atoms with Crippen LogP contribution in [-0.2, 0) is 11.2 Å². The Morgan fingerprint density at radius 3 is 2.75 bits per heavy atom. The molecule has 0 aliphatic heterocycles. The van der Waals surface area contributed by atoms with E-state index >= 15 is 0 Å². The maximum absolute atomic E-state index is 12.1. The summed E-state index contributed by atoms with van der Waals surface area (Å²) < 4.78 is 5.42. The fourth-order valence-corrected chi connectivity index (χ4v) is 3.78. The standard InChI is InChI=1S/C19H27ClN2O2/c1-18(2,3)24-17(23)22-19(9-4-10-19)12-21-16-8-5-13-11-14(20)6-7-15(13)16/h6-7,11,16,21H,4-5,8-10,12H2,1-3H3,(H,22,23). The molecular weight excluding hydrogens is 324 g/mol. The van der Waals surface area contributed by atoms with Gasteiger partial charge in [0.05, 0.1) is 5.54 Å². The molecule has 0 aromatic heterocycles. The van der Waals surface area contributed by atoms with Crippen LogP contribution in [-0.4, -0.2) is 23.8 Å². The molecule has 0 bridgehead atoms. The quantitative estimate of drug-likeness (QED) is 0.848. The summed E-state index contributed by atoms with van der Waals surface area (Å²) in [5.74, 6) is 0. The van der Waals surface area contributed by atoms with Crippen molar-refractivity contribution < 1.29 is 9.53 Å². The number of fused-ring (bicyclic) bond motifs is 1. The summed E-state index contributed by atoms with van der Waals surface area (Å²) in [6.07, 6.45) is 4.97. The van der Waals surface area contributed by atoms with Gasteiger partial charge in [0.15, 0.2) is 0 Å². The van der Waals surface area contributed by atoms with Gasteiger partial charge in [-0.25, -0.2) is 4.79 Å². The minimum Gasteiger partial charge on any atom is -0.444 e. The molecule has 0 radical (unpaired) electrons. The zero-order chi connectivity index (χ0) is 17.4. The number of hydrogen-bond acceptors (Lipinski definition) is 3. The van der Waals surface area contributed by atoms with Gasteiger partial charge in [-0.3, -0.25) is 0 Å². The van der Waals surface area contributed by atoms with Crippen LogP contribution in [0.25, 0.3) is 0 Å². The minimum absolute atomic E-state index is 0.169. The number of amides is 1. The van der Waals surface area contributed by atoms with Gasteiger partial charge in [-0.2, -0.15) is 0 Å². The first-order valence-electron chi connectivity index (χ1n) is 8.79. The van der Waals surface area contributed by atoms with E-state index in [2.05, 4.69) is 22.8 Å². The first-order valence-corrected chi connectivity index (χ1v) is 9.17. The van der Waals surface area contributed by atoms with Crippen molar-refractivity contribution in [3.63, 3.8) is 0 Å². The third-order valence-electron chi connectivity index (χ3n) is 4.95. The molecule has 4 nitrogen and oxygen atoms in total. The third-order valence-corrected chi connectivity index (χ3v) is 5.18. The van der Waals surface area contributed by atoms with E-state index < -0.39 is 5.60 Å². The lowest BCUT2D eigenvalue weighted by Gasteiger charge is -2.43. The summed E-state index contributed by atoms with van der Waals surface area (Å²) in [4.78, 5) is 12.1. The van der Waals surface area contributed by atoms with Crippen molar-refractivity contribution in [1.82, 2.24) is 10.6 Å². The molecule has 1 saturated carbocycles. The van der Waals surface area contributed by atoms with E-state index in [0.717, 1.165) is 43.7 Å². The molecule has 1 aromatic carbocycles. The molecule has 1 aromatic rings. The van der Waals surface area contributed by atoms with Crippen molar-refractivity contribution in [3.05, 3.63) is 34.3 Å². The third kappa shape index (κ3) is 4.04. The fraction of sp³-hybridized carbons (Fsp3) is 0.632. The van der Waals surface area contributed by atoms with Crippen LogP contribution < -0.4 is 10.6 Å². The second kappa shape index (κ2) is 6.57. The lowest BCUT2D eigenvalue weighted by Crippen LogP contribution is -2.60. The van der Waals surface area contributed by atoms with Crippen LogP contribution in [0.5, 0.6) is 0 Å². The Balaban J connectivity index is 1.58. The molecule has 2 aliphatic rings. The number of hydrogen-bond donors (Lipinski definition) is 2. The summed E-state index contributed by atoms with van der Waals surface area (Å²) in [6.45, 7) is 6.44. The largest absolute Gasteiger partial charge is 0.444 e. The number of aryl methyl sites for hydroxylation is 1. The van der Waals surface area contributed by atoms with Crippen molar-refractivity contribution in [2.75, 3.05) is 6.54 Å². The number of halogens is 1. The van der Waals surface area contributed by atoms with E-state index in [1.54, 1.807) is 0 Å². The fourth-order valence-electron chi connectivity index (χ4n) is 3.59. The van der Waals surface area contributed by atoms with Crippen LogP contribution in [0.3, 0.4) is 0 Å². The van der Waals surface area contributed by atoms with Gasteiger partial charge in [0.25, 0.3) is 0 Å². The van der Waals surface area contributed by atoms with Crippen LogP contribution in [0.1, 0.15) is 63.6 Å². The van der Waals surface area contributed by atoms with Gasteiger partial charge in [-0.1, -0.05) is 17.7 Å². The van der Waals surface area contributed by atoms with Crippen LogP contribution in [0.15, 0.2) is 18.2 Å². The van der Waals surface area contributed by atoms with Gasteiger partial charge in [-0.05, 0) is 76.1 Å². The van der Waals surface area contributed by atoms with E-state index in [-0.39, 0.29) is 11.6 Å². The number of rotatable bonds is 4. The zero-order valence-corrected chi connectivity index (χ0v) is 15.5. The molecule has 24 heavy (non-hydrogen) atoms. The lowest BCUT2D eigenvalue weighted by atomic mass is 9.76. The minimum atomic E-state index is -0.466. The number of carbonyl (C=O) groups excluding carboxylic acids is 1. The Kier molecular flexibility index (Phi) is 4.80. The smallest absolute Gasteiger partial charge is 0.408 e. The normalized spacial score (nSPS) is 21.8. The van der Waals surface area contributed by atoms with Gasteiger partial charge < -0.3 is 15.4 Å². The predicted octanol–water partition coefficient (Wildman–Crippen LogP) is 4.36. The number of nitrogens with one attached hydrogen (secondary N) is 2. The molecule has 3 rings (SSSR count). The molecule has 5 heteroatoms. The first kappa shape index (κ1) is 17.6. The summed E-state index contributed by atoms with van der Waals surface area (Å²) >= 11 is 6.08.